The quantitative estimate of drug-likeness (QED) is 0.622. The largest absolute Gasteiger partial charge is 0.378 e. The molecular weight excluding hydrogens is 328 g/mol. The van der Waals surface area contributed by atoms with Crippen LogP contribution in [0.2, 0.25) is 0 Å². The summed E-state index contributed by atoms with van der Waals surface area (Å²) in [7, 11) is 0. The third kappa shape index (κ3) is 3.10. The van der Waals surface area contributed by atoms with Gasteiger partial charge >= 0.3 is 0 Å². The number of likely N-dealkylation sites (tertiary alicyclic amines) is 1. The Labute approximate surface area is 156 Å². The lowest BCUT2D eigenvalue weighted by atomic mass is 9.51. The molecule has 144 valence electrons. The maximum atomic E-state index is 6.00. The van der Waals surface area contributed by atoms with Gasteiger partial charge in [-0.05, 0) is 46.0 Å². The van der Waals surface area contributed by atoms with Crippen LogP contribution in [-0.2, 0) is 4.74 Å². The molecule has 1 spiro atoms. The standard InChI is InChI=1S/C19H32N6O/c1-3-20-18(23-15-12-16(26-4-2)19(15)8-5-9-19)25-10-6-14(7-11-25)17-21-13-22-24-17/h13-16H,3-12H2,1-2H3,(H,20,23)(H,21,22,24). The molecule has 1 aromatic heterocycles. The van der Waals surface area contributed by atoms with Gasteiger partial charge in [-0.25, -0.2) is 4.98 Å². The molecule has 2 N–H and O–H groups in total. The fourth-order valence-corrected chi connectivity index (χ4v) is 4.96. The van der Waals surface area contributed by atoms with Crippen molar-refractivity contribution in [1.82, 2.24) is 25.4 Å². The molecule has 2 atom stereocenters. The number of nitrogens with zero attached hydrogens (tertiary/aromatic N) is 4. The van der Waals surface area contributed by atoms with Gasteiger partial charge in [-0.2, -0.15) is 5.10 Å². The molecule has 4 rings (SSSR count). The van der Waals surface area contributed by atoms with Crippen LogP contribution >= 0.6 is 0 Å². The van der Waals surface area contributed by atoms with Crippen LogP contribution < -0.4 is 5.32 Å². The number of guanidine groups is 1. The monoisotopic (exact) mass is 360 g/mol. The number of aromatic amines is 1. The Morgan fingerprint density at radius 2 is 2.19 bits per heavy atom. The lowest BCUT2D eigenvalue weighted by Gasteiger charge is -2.61. The predicted molar refractivity (Wildman–Crippen MR) is 101 cm³/mol. The van der Waals surface area contributed by atoms with Crippen LogP contribution in [0, 0.1) is 5.41 Å². The van der Waals surface area contributed by atoms with E-state index in [0.717, 1.165) is 57.3 Å². The van der Waals surface area contributed by atoms with E-state index >= 15 is 0 Å². The highest BCUT2D eigenvalue weighted by atomic mass is 16.5. The highest BCUT2D eigenvalue weighted by Gasteiger charge is 2.59. The van der Waals surface area contributed by atoms with Crippen LogP contribution in [-0.4, -0.2) is 64.4 Å². The minimum Gasteiger partial charge on any atom is -0.378 e. The number of piperidine rings is 1. The number of nitrogens with one attached hydrogen (secondary N) is 2. The van der Waals surface area contributed by atoms with E-state index in [1.165, 1.54) is 19.3 Å². The molecule has 1 saturated heterocycles. The second-order valence-electron chi connectivity index (χ2n) is 7.89. The van der Waals surface area contributed by atoms with Crippen molar-refractivity contribution >= 4 is 5.96 Å². The average Bonchev–Trinajstić information content (AvgIpc) is 3.13. The van der Waals surface area contributed by atoms with Crippen molar-refractivity contribution < 1.29 is 4.74 Å². The Morgan fingerprint density at radius 1 is 1.38 bits per heavy atom. The number of rotatable bonds is 5. The number of ether oxygens (including phenoxy) is 1. The number of hydrogen-bond donors (Lipinski definition) is 2. The van der Waals surface area contributed by atoms with Gasteiger partial charge in [-0.3, -0.25) is 10.1 Å². The van der Waals surface area contributed by atoms with Crippen LogP contribution in [0.5, 0.6) is 0 Å². The molecule has 1 aliphatic heterocycles. The van der Waals surface area contributed by atoms with Crippen LogP contribution in [0.3, 0.4) is 0 Å². The van der Waals surface area contributed by atoms with Crippen LogP contribution in [0.4, 0.5) is 0 Å². The Bertz CT molecular complexity index is 604. The molecule has 2 unspecified atom stereocenters. The van der Waals surface area contributed by atoms with Crippen LogP contribution in [0.25, 0.3) is 0 Å². The SMILES string of the molecule is CCN=C(NC1CC(OCC)C12CCC2)N1CCC(c2ncn[nH]2)CC1. The Kier molecular flexibility index (Phi) is 5.16. The van der Waals surface area contributed by atoms with E-state index in [-0.39, 0.29) is 0 Å². The molecule has 2 saturated carbocycles. The minimum atomic E-state index is 0.364. The van der Waals surface area contributed by atoms with Crippen molar-refractivity contribution in [2.75, 3.05) is 26.2 Å². The van der Waals surface area contributed by atoms with Crippen molar-refractivity contribution in [2.45, 2.75) is 70.4 Å². The molecule has 7 heteroatoms. The van der Waals surface area contributed by atoms with Gasteiger partial charge in [0.2, 0.25) is 0 Å². The van der Waals surface area contributed by atoms with E-state index in [9.17, 15) is 0 Å². The lowest BCUT2D eigenvalue weighted by Crippen LogP contribution is -2.69. The first kappa shape index (κ1) is 17.8. The Hall–Kier alpha value is -1.63. The topological polar surface area (TPSA) is 78.4 Å². The molecule has 0 radical (unpaired) electrons. The summed E-state index contributed by atoms with van der Waals surface area (Å²) in [5, 5.41) is 10.8. The summed E-state index contributed by atoms with van der Waals surface area (Å²) in [5.41, 5.74) is 0.364. The molecule has 0 bridgehead atoms. The lowest BCUT2D eigenvalue weighted by molar-refractivity contribution is -0.169. The summed E-state index contributed by atoms with van der Waals surface area (Å²) < 4.78 is 6.00. The van der Waals surface area contributed by atoms with Gasteiger partial charge in [0, 0.05) is 43.6 Å². The molecule has 0 amide bonds. The second kappa shape index (κ2) is 7.55. The van der Waals surface area contributed by atoms with Gasteiger partial charge in [0.1, 0.15) is 12.2 Å². The number of aromatic nitrogens is 3. The normalized spacial score (nSPS) is 28.7. The van der Waals surface area contributed by atoms with Gasteiger partial charge in [-0.15, -0.1) is 0 Å². The first-order chi connectivity index (χ1) is 12.8. The average molecular weight is 361 g/mol. The Morgan fingerprint density at radius 3 is 2.77 bits per heavy atom. The molecule has 26 heavy (non-hydrogen) atoms. The zero-order valence-corrected chi connectivity index (χ0v) is 16.1. The number of H-pyrrole nitrogens is 1. The second-order valence-corrected chi connectivity index (χ2v) is 7.89. The van der Waals surface area contributed by atoms with Gasteiger partial charge in [0.15, 0.2) is 5.96 Å². The summed E-state index contributed by atoms with van der Waals surface area (Å²) in [5.74, 6) is 2.61. The first-order valence-corrected chi connectivity index (χ1v) is 10.3. The smallest absolute Gasteiger partial charge is 0.194 e. The fraction of sp³-hybridized carbons (Fsp3) is 0.842. The summed E-state index contributed by atoms with van der Waals surface area (Å²) in [6.07, 6.45) is 9.28. The maximum absolute atomic E-state index is 6.00. The first-order valence-electron chi connectivity index (χ1n) is 10.3. The van der Waals surface area contributed by atoms with E-state index in [1.807, 2.05) is 0 Å². The van der Waals surface area contributed by atoms with Crippen molar-refractivity contribution in [1.29, 1.82) is 0 Å². The molecule has 3 fully saturated rings. The van der Waals surface area contributed by atoms with Gasteiger partial charge in [0.05, 0.1) is 6.10 Å². The minimum absolute atomic E-state index is 0.364. The van der Waals surface area contributed by atoms with Gasteiger partial charge in [-0.1, -0.05) is 6.42 Å². The van der Waals surface area contributed by atoms with E-state index < -0.39 is 0 Å². The number of hydrogen-bond acceptors (Lipinski definition) is 4. The third-order valence-electron chi connectivity index (χ3n) is 6.66. The Balaban J connectivity index is 1.36. The van der Waals surface area contributed by atoms with Crippen molar-refractivity contribution in [3.8, 4) is 0 Å². The highest BCUT2D eigenvalue weighted by molar-refractivity contribution is 5.80. The maximum Gasteiger partial charge on any atom is 0.194 e. The molecule has 0 aromatic carbocycles. The van der Waals surface area contributed by atoms with E-state index in [0.29, 0.717) is 23.5 Å². The third-order valence-corrected chi connectivity index (χ3v) is 6.66. The van der Waals surface area contributed by atoms with Gasteiger partial charge < -0.3 is 15.0 Å². The molecular formula is C19H32N6O. The van der Waals surface area contributed by atoms with Crippen molar-refractivity contribution in [2.24, 2.45) is 10.4 Å². The summed E-state index contributed by atoms with van der Waals surface area (Å²) in [6.45, 7) is 7.91. The van der Waals surface area contributed by atoms with Crippen LogP contribution in [0.1, 0.15) is 64.1 Å². The van der Waals surface area contributed by atoms with E-state index in [4.69, 9.17) is 9.73 Å². The van der Waals surface area contributed by atoms with E-state index in [1.54, 1.807) is 6.33 Å². The highest BCUT2D eigenvalue weighted by Crippen LogP contribution is 2.57. The van der Waals surface area contributed by atoms with Crippen LogP contribution in [0.15, 0.2) is 11.3 Å². The van der Waals surface area contributed by atoms with E-state index in [2.05, 4.69) is 39.2 Å². The summed E-state index contributed by atoms with van der Waals surface area (Å²) >= 11 is 0. The fourth-order valence-electron chi connectivity index (χ4n) is 4.96. The molecule has 2 aliphatic carbocycles. The van der Waals surface area contributed by atoms with Crippen molar-refractivity contribution in [3.05, 3.63) is 12.2 Å². The zero-order valence-electron chi connectivity index (χ0n) is 16.1. The predicted octanol–water partition coefficient (Wildman–Crippen LogP) is 2.30. The van der Waals surface area contributed by atoms with Gasteiger partial charge in [0.25, 0.3) is 0 Å². The molecule has 1 aromatic rings. The number of aliphatic imine (C=N–C) groups is 1. The summed E-state index contributed by atoms with van der Waals surface area (Å²) in [4.78, 5) is 11.6. The molecule has 7 nitrogen and oxygen atoms in total. The summed E-state index contributed by atoms with van der Waals surface area (Å²) in [6, 6.07) is 0.519. The molecule has 2 heterocycles. The van der Waals surface area contributed by atoms with Crippen molar-refractivity contribution in [3.63, 3.8) is 0 Å². The zero-order chi connectivity index (χ0) is 18.0. The molecule has 3 aliphatic rings.